The van der Waals surface area contributed by atoms with Gasteiger partial charge < -0.3 is 19.1 Å². The second kappa shape index (κ2) is 18.4. The average molecular weight is 769 g/mol. The Morgan fingerprint density at radius 1 is 0.852 bits per heavy atom. The molecule has 5 aromatic rings. The van der Waals surface area contributed by atoms with Gasteiger partial charge in [0.05, 0.1) is 22.8 Å². The maximum absolute atomic E-state index is 13.3. The molecule has 0 N–H and O–H groups in total. The largest absolute Gasteiger partial charge is 0.493 e. The van der Waals surface area contributed by atoms with Crippen molar-refractivity contribution in [2.75, 3.05) is 32.8 Å². The number of nitrogens with zero attached hydrogens (tertiary/aromatic N) is 3. The molecule has 0 saturated carbocycles. The second-order valence-electron chi connectivity index (χ2n) is 13.7. The zero-order valence-corrected chi connectivity index (χ0v) is 32.2. The van der Waals surface area contributed by atoms with Gasteiger partial charge in [-0.1, -0.05) is 79.5 Å². The third-order valence-electron chi connectivity index (χ3n) is 9.42. The van der Waals surface area contributed by atoms with E-state index in [2.05, 4.69) is 65.0 Å². The van der Waals surface area contributed by atoms with Crippen molar-refractivity contribution >= 4 is 35.2 Å². The van der Waals surface area contributed by atoms with Crippen LogP contribution in [0.1, 0.15) is 53.1 Å². The number of piperazine rings is 1. The molecule has 1 aliphatic heterocycles. The lowest BCUT2D eigenvalue weighted by atomic mass is 10.0. The fourth-order valence-electron chi connectivity index (χ4n) is 6.33. The van der Waals surface area contributed by atoms with Crippen LogP contribution in [0.4, 0.5) is 4.39 Å². The number of benzene rings is 4. The Bertz CT molecular complexity index is 2020. The third-order valence-corrected chi connectivity index (χ3v) is 10.1. The van der Waals surface area contributed by atoms with Crippen LogP contribution in [-0.4, -0.2) is 53.9 Å². The van der Waals surface area contributed by atoms with Gasteiger partial charge in [-0.2, -0.15) is 0 Å². The molecule has 1 aromatic heterocycles. The monoisotopic (exact) mass is 767 g/mol. The van der Waals surface area contributed by atoms with Gasteiger partial charge in [0, 0.05) is 62.5 Å². The van der Waals surface area contributed by atoms with Crippen molar-refractivity contribution in [3.63, 3.8) is 0 Å². The van der Waals surface area contributed by atoms with Crippen molar-refractivity contribution in [3.8, 4) is 23.1 Å². The lowest BCUT2D eigenvalue weighted by molar-refractivity contribution is -0.104. The summed E-state index contributed by atoms with van der Waals surface area (Å²) >= 11 is 12.9. The van der Waals surface area contributed by atoms with Crippen LogP contribution in [0, 0.1) is 12.7 Å². The number of aryl methyl sites for hydroxylation is 1. The van der Waals surface area contributed by atoms with E-state index in [1.54, 1.807) is 24.3 Å². The molecule has 0 atom stereocenters. The summed E-state index contributed by atoms with van der Waals surface area (Å²) in [5.74, 6) is 2.33. The van der Waals surface area contributed by atoms with E-state index in [0.717, 1.165) is 68.0 Å². The minimum absolute atomic E-state index is 0.166. The molecule has 54 heavy (non-hydrogen) atoms. The van der Waals surface area contributed by atoms with Gasteiger partial charge in [-0.3, -0.25) is 9.69 Å². The van der Waals surface area contributed by atoms with Crippen LogP contribution < -0.4 is 14.2 Å². The number of aromatic nitrogens is 1. The Morgan fingerprint density at radius 3 is 2.22 bits per heavy atom. The number of aldehydes is 1. The molecule has 0 radical (unpaired) electrons. The molecule has 280 valence electrons. The summed E-state index contributed by atoms with van der Waals surface area (Å²) < 4.78 is 31.2. The fraction of sp³-hybridized carbons (Fsp3) is 0.273. The van der Waals surface area contributed by atoms with E-state index >= 15 is 0 Å². The number of ether oxygens (including phenoxy) is 3. The van der Waals surface area contributed by atoms with Gasteiger partial charge in [-0.25, -0.2) is 9.37 Å². The summed E-state index contributed by atoms with van der Waals surface area (Å²) in [5.41, 5.74) is 6.96. The Balaban J connectivity index is 0.990. The van der Waals surface area contributed by atoms with Crippen LogP contribution in [0.3, 0.4) is 0 Å². The van der Waals surface area contributed by atoms with Crippen molar-refractivity contribution in [3.05, 3.63) is 153 Å². The van der Waals surface area contributed by atoms with Crippen LogP contribution in [0.5, 0.6) is 23.1 Å². The van der Waals surface area contributed by atoms with Crippen LogP contribution >= 0.6 is 23.2 Å². The minimum Gasteiger partial charge on any atom is -0.493 e. The molecule has 0 aliphatic carbocycles. The first-order chi connectivity index (χ1) is 26.1. The smallest absolute Gasteiger partial charge is 0.219 e. The van der Waals surface area contributed by atoms with E-state index < -0.39 is 5.82 Å². The summed E-state index contributed by atoms with van der Waals surface area (Å²) in [6.45, 7) is 11.2. The highest BCUT2D eigenvalue weighted by atomic mass is 35.5. The van der Waals surface area contributed by atoms with E-state index in [4.69, 9.17) is 37.4 Å². The van der Waals surface area contributed by atoms with E-state index in [-0.39, 0.29) is 6.61 Å². The molecule has 1 fully saturated rings. The van der Waals surface area contributed by atoms with Gasteiger partial charge in [-0.05, 0) is 83.1 Å². The molecule has 0 amide bonds. The van der Waals surface area contributed by atoms with Crippen LogP contribution in [0.15, 0.2) is 103 Å². The Hall–Kier alpha value is -4.89. The van der Waals surface area contributed by atoms with E-state index in [0.29, 0.717) is 45.5 Å². The van der Waals surface area contributed by atoms with Gasteiger partial charge in [0.1, 0.15) is 30.2 Å². The summed E-state index contributed by atoms with van der Waals surface area (Å²) in [4.78, 5) is 20.8. The molecule has 10 heteroatoms. The molecule has 6 rings (SSSR count). The highest BCUT2D eigenvalue weighted by molar-refractivity contribution is 6.32. The van der Waals surface area contributed by atoms with Crippen molar-refractivity contribution < 1.29 is 23.4 Å². The first-order valence-electron chi connectivity index (χ1n) is 18.1. The molecule has 0 unspecified atom stereocenters. The predicted molar refractivity (Wildman–Crippen MR) is 213 cm³/mol. The number of hydrogen-bond acceptors (Lipinski definition) is 7. The van der Waals surface area contributed by atoms with Crippen LogP contribution in [0.2, 0.25) is 10.0 Å². The van der Waals surface area contributed by atoms with Gasteiger partial charge in [0.15, 0.2) is 5.75 Å². The van der Waals surface area contributed by atoms with Crippen molar-refractivity contribution in [1.29, 1.82) is 0 Å². The van der Waals surface area contributed by atoms with Crippen LogP contribution in [-0.2, 0) is 24.4 Å². The van der Waals surface area contributed by atoms with Gasteiger partial charge >= 0.3 is 0 Å². The number of carbonyl (C=O) groups is 1. The Morgan fingerprint density at radius 2 is 1.57 bits per heavy atom. The topological polar surface area (TPSA) is 64.1 Å². The average Bonchev–Trinajstić information content (AvgIpc) is 3.17. The maximum atomic E-state index is 13.3. The number of halogens is 3. The number of pyridine rings is 1. The lowest BCUT2D eigenvalue weighted by Gasteiger charge is -2.37. The van der Waals surface area contributed by atoms with E-state index in [1.807, 2.05) is 31.2 Å². The summed E-state index contributed by atoms with van der Waals surface area (Å²) in [6, 6.07) is 28.5. The molecule has 1 aliphatic rings. The number of carbonyl (C=O) groups excluding carboxylic acids is 1. The van der Waals surface area contributed by atoms with Crippen molar-refractivity contribution in [2.24, 2.45) is 0 Å². The number of allylic oxidation sites excluding steroid dienone is 1. The molecular weight excluding hydrogens is 724 g/mol. The van der Waals surface area contributed by atoms with E-state index in [9.17, 15) is 9.18 Å². The first-order valence-corrected chi connectivity index (χ1v) is 18.8. The van der Waals surface area contributed by atoms with Crippen molar-refractivity contribution in [2.45, 2.75) is 46.3 Å². The molecule has 7 nitrogen and oxygen atoms in total. The van der Waals surface area contributed by atoms with Gasteiger partial charge in [0.25, 0.3) is 0 Å². The van der Waals surface area contributed by atoms with Gasteiger partial charge in [0.2, 0.25) is 5.88 Å². The summed E-state index contributed by atoms with van der Waals surface area (Å²) in [6.07, 6.45) is 4.81. The standard InChI is InChI=1S/C44H44Cl2FN3O4/c1-30(2)34-9-12-38(13-10-34)52-23-17-32-4-6-33(7-5-32)28-49-18-20-50(21-19-49)42(16-22-51)36-24-31(3)44(41(46)25-36)54-43-15-14-39(27-48-43)53-29-35-8-11-37(47)26-40(35)45/h4-16,22,24-27,30H,17-21,23,28-29H2,1-3H3/b42-16+. The molecule has 0 bridgehead atoms. The number of rotatable bonds is 15. The normalized spacial score (nSPS) is 13.6. The zero-order valence-electron chi connectivity index (χ0n) is 30.7. The lowest BCUT2D eigenvalue weighted by Crippen LogP contribution is -2.45. The van der Waals surface area contributed by atoms with Gasteiger partial charge in [-0.15, -0.1) is 0 Å². The third kappa shape index (κ3) is 10.4. The molecule has 2 heterocycles. The quantitative estimate of drug-likeness (QED) is 0.0776. The second-order valence-corrected chi connectivity index (χ2v) is 14.5. The number of hydrogen-bond donors (Lipinski definition) is 0. The summed E-state index contributed by atoms with van der Waals surface area (Å²) in [5, 5.41) is 0.702. The fourth-order valence-corrected chi connectivity index (χ4v) is 6.85. The molecule has 4 aromatic carbocycles. The highest BCUT2D eigenvalue weighted by Gasteiger charge is 2.22. The maximum Gasteiger partial charge on any atom is 0.219 e. The van der Waals surface area contributed by atoms with E-state index in [1.165, 1.54) is 35.0 Å². The Kier molecular flexibility index (Phi) is 13.3. The SMILES string of the molecule is Cc1cc(/C(=C\C=O)N2CCN(Cc3ccc(CCOc4ccc(C(C)C)cc4)cc3)CC2)cc(Cl)c1Oc1ccc(OCc2ccc(F)cc2Cl)cn1. The Labute approximate surface area is 326 Å². The van der Waals surface area contributed by atoms with Crippen molar-refractivity contribution in [1.82, 2.24) is 14.8 Å². The van der Waals surface area contributed by atoms with Crippen LogP contribution in [0.25, 0.3) is 5.70 Å². The zero-order chi connectivity index (χ0) is 38.0. The molecule has 0 spiro atoms. The minimum atomic E-state index is -0.404. The first kappa shape index (κ1) is 38.8. The highest BCUT2D eigenvalue weighted by Crippen LogP contribution is 2.36. The predicted octanol–water partition coefficient (Wildman–Crippen LogP) is 10.3. The summed E-state index contributed by atoms with van der Waals surface area (Å²) in [7, 11) is 0. The molecule has 1 saturated heterocycles. The molecular formula is C44H44Cl2FN3O4.